The number of ether oxygens (including phenoxy) is 3. The van der Waals surface area contributed by atoms with Crippen molar-refractivity contribution in [3.63, 3.8) is 0 Å². The van der Waals surface area contributed by atoms with Gasteiger partial charge in [0.1, 0.15) is 12.4 Å². The lowest BCUT2D eigenvalue weighted by atomic mass is 10.0. The Hall–Kier alpha value is -2.80. The lowest BCUT2D eigenvalue weighted by Gasteiger charge is -2.39. The summed E-state index contributed by atoms with van der Waals surface area (Å²) in [7, 11) is 1.33. The van der Waals surface area contributed by atoms with Crippen LogP contribution in [0, 0.1) is 0 Å². The van der Waals surface area contributed by atoms with Crippen LogP contribution in [0.5, 0.6) is 0 Å². The zero-order valence-corrected chi connectivity index (χ0v) is 17.2. The van der Waals surface area contributed by atoms with Gasteiger partial charge in [0, 0.05) is 24.7 Å². The van der Waals surface area contributed by atoms with E-state index in [2.05, 4.69) is 18.7 Å². The molecule has 156 valence electrons. The molecule has 2 fully saturated rings. The molecule has 0 unspecified atom stereocenters. The predicted molar refractivity (Wildman–Crippen MR) is 107 cm³/mol. The Labute approximate surface area is 171 Å². The van der Waals surface area contributed by atoms with Crippen LogP contribution in [0.4, 0.5) is 0 Å². The van der Waals surface area contributed by atoms with E-state index in [0.717, 1.165) is 24.4 Å². The van der Waals surface area contributed by atoms with E-state index >= 15 is 0 Å². The summed E-state index contributed by atoms with van der Waals surface area (Å²) in [6.45, 7) is 6.87. The quantitative estimate of drug-likeness (QED) is 0.490. The smallest absolute Gasteiger partial charge is 0.337 e. The van der Waals surface area contributed by atoms with E-state index in [0.29, 0.717) is 18.7 Å². The zero-order chi connectivity index (χ0) is 20.8. The molecule has 0 bridgehead atoms. The summed E-state index contributed by atoms with van der Waals surface area (Å²) in [5.74, 6) is -0.263. The lowest BCUT2D eigenvalue weighted by molar-refractivity contribution is -0.150. The monoisotopic (exact) mass is 400 g/mol. The highest BCUT2D eigenvalue weighted by Gasteiger charge is 2.52. The molecule has 2 heterocycles. The molecule has 0 N–H and O–H groups in total. The summed E-state index contributed by atoms with van der Waals surface area (Å²) in [5.41, 5.74) is 1.63. The Morgan fingerprint density at radius 1 is 1.24 bits per heavy atom. The van der Waals surface area contributed by atoms with E-state index < -0.39 is 18.0 Å². The molecule has 0 saturated carbocycles. The van der Waals surface area contributed by atoms with Gasteiger partial charge in [0.05, 0.1) is 7.11 Å². The number of fused-ring (bicyclic) bond motifs is 1. The normalized spacial score (nSPS) is 23.0. The molecule has 3 rings (SSSR count). The van der Waals surface area contributed by atoms with Crippen molar-refractivity contribution in [2.45, 2.75) is 39.1 Å². The third-order valence-electron chi connectivity index (χ3n) is 5.22. The van der Waals surface area contributed by atoms with Gasteiger partial charge < -0.3 is 24.0 Å². The summed E-state index contributed by atoms with van der Waals surface area (Å²) in [5, 5.41) is 0. The Bertz CT molecular complexity index is 786. The first-order valence-corrected chi connectivity index (χ1v) is 9.93. The summed E-state index contributed by atoms with van der Waals surface area (Å²) in [6.07, 6.45) is 3.64. The maximum Gasteiger partial charge on any atom is 0.337 e. The van der Waals surface area contributed by atoms with Crippen LogP contribution in [0.25, 0.3) is 0 Å². The van der Waals surface area contributed by atoms with Crippen molar-refractivity contribution in [3.8, 4) is 0 Å². The van der Waals surface area contributed by atoms with Gasteiger partial charge in [-0.1, -0.05) is 44.2 Å². The highest BCUT2D eigenvalue weighted by Crippen LogP contribution is 2.43. The summed E-state index contributed by atoms with van der Waals surface area (Å²) < 4.78 is 16.3. The molecule has 0 amide bonds. The molecule has 1 aromatic rings. The first kappa shape index (κ1) is 20.9. The van der Waals surface area contributed by atoms with Crippen LogP contribution in [-0.4, -0.2) is 60.8 Å². The SMILES string of the molecule is CCN(CC)C/C=C1\O[C@@H]2C/C(=C/C(=O)OC)N2[C@H]1C(=O)OCc1ccccc1. The van der Waals surface area contributed by atoms with Crippen LogP contribution in [0.2, 0.25) is 0 Å². The first-order valence-electron chi connectivity index (χ1n) is 9.93. The van der Waals surface area contributed by atoms with E-state index in [-0.39, 0.29) is 12.8 Å². The van der Waals surface area contributed by atoms with Crippen molar-refractivity contribution in [3.05, 3.63) is 59.5 Å². The molecule has 7 heteroatoms. The average molecular weight is 400 g/mol. The topological polar surface area (TPSA) is 68.3 Å². The molecule has 0 aliphatic carbocycles. The summed E-state index contributed by atoms with van der Waals surface area (Å²) in [4.78, 5) is 28.7. The highest BCUT2D eigenvalue weighted by molar-refractivity contribution is 5.84. The molecule has 7 nitrogen and oxygen atoms in total. The fourth-order valence-electron chi connectivity index (χ4n) is 3.47. The number of nitrogens with zero attached hydrogens (tertiary/aromatic N) is 2. The molecule has 2 aliphatic rings. The van der Waals surface area contributed by atoms with E-state index in [9.17, 15) is 9.59 Å². The minimum absolute atomic E-state index is 0.189. The molecular formula is C22H28N2O5. The molecule has 0 radical (unpaired) electrons. The van der Waals surface area contributed by atoms with Crippen molar-refractivity contribution >= 4 is 11.9 Å². The van der Waals surface area contributed by atoms with E-state index in [1.165, 1.54) is 13.2 Å². The molecule has 2 saturated heterocycles. The van der Waals surface area contributed by atoms with Crippen molar-refractivity contribution in [2.75, 3.05) is 26.7 Å². The van der Waals surface area contributed by atoms with Crippen LogP contribution < -0.4 is 0 Å². The fraction of sp³-hybridized carbons (Fsp3) is 0.455. The minimum Gasteiger partial charge on any atom is -0.472 e. The lowest BCUT2D eigenvalue weighted by Crippen LogP contribution is -2.49. The molecule has 2 aliphatic heterocycles. The second kappa shape index (κ2) is 9.60. The number of methoxy groups -OCH3 is 1. The number of rotatable bonds is 8. The Morgan fingerprint density at radius 3 is 2.62 bits per heavy atom. The Morgan fingerprint density at radius 2 is 1.97 bits per heavy atom. The Balaban J connectivity index is 1.77. The van der Waals surface area contributed by atoms with Crippen LogP contribution in [0.3, 0.4) is 0 Å². The third kappa shape index (κ3) is 4.79. The molecule has 0 aromatic heterocycles. The molecule has 29 heavy (non-hydrogen) atoms. The molecule has 1 aromatic carbocycles. The summed E-state index contributed by atoms with van der Waals surface area (Å²) >= 11 is 0. The second-order valence-electron chi connectivity index (χ2n) is 6.93. The van der Waals surface area contributed by atoms with Crippen LogP contribution in [0.15, 0.2) is 53.9 Å². The Kier molecular flexibility index (Phi) is 6.93. The first-order chi connectivity index (χ1) is 14.1. The molecule has 0 spiro atoms. The minimum atomic E-state index is -0.691. The van der Waals surface area contributed by atoms with Crippen molar-refractivity contribution in [1.82, 2.24) is 9.80 Å². The van der Waals surface area contributed by atoms with Gasteiger partial charge in [0.25, 0.3) is 0 Å². The van der Waals surface area contributed by atoms with Gasteiger partial charge in [-0.3, -0.25) is 0 Å². The van der Waals surface area contributed by atoms with Gasteiger partial charge in [-0.15, -0.1) is 0 Å². The van der Waals surface area contributed by atoms with Gasteiger partial charge in [0.15, 0.2) is 12.3 Å². The van der Waals surface area contributed by atoms with E-state index in [1.807, 2.05) is 36.4 Å². The molecule has 2 atom stereocenters. The standard InChI is InChI=1S/C22H28N2O5/c1-4-23(5-2)12-11-18-21(22(26)28-15-16-9-7-6-8-10-16)24-17(13-19(24)29-18)14-20(25)27-3/h6-11,14,19,21H,4-5,12-13,15H2,1-3H3/b17-14-,18-11-/t19-,21-/m1/s1. The maximum atomic E-state index is 13.0. The number of carbonyl (C=O) groups excluding carboxylic acids is 2. The number of carbonyl (C=O) groups is 2. The summed E-state index contributed by atoms with van der Waals surface area (Å²) in [6, 6.07) is 8.84. The van der Waals surface area contributed by atoms with Gasteiger partial charge in [0.2, 0.25) is 0 Å². The number of hydrogen-bond donors (Lipinski definition) is 0. The van der Waals surface area contributed by atoms with Crippen molar-refractivity contribution in [1.29, 1.82) is 0 Å². The van der Waals surface area contributed by atoms with E-state index in [1.54, 1.807) is 4.90 Å². The van der Waals surface area contributed by atoms with Gasteiger partial charge >= 0.3 is 11.9 Å². The predicted octanol–water partition coefficient (Wildman–Crippen LogP) is 2.44. The van der Waals surface area contributed by atoms with Crippen LogP contribution >= 0.6 is 0 Å². The zero-order valence-electron chi connectivity index (χ0n) is 17.2. The van der Waals surface area contributed by atoms with Crippen LogP contribution in [0.1, 0.15) is 25.8 Å². The third-order valence-corrected chi connectivity index (χ3v) is 5.22. The number of likely N-dealkylation sites (N-methyl/N-ethyl adjacent to an activating group) is 1. The highest BCUT2D eigenvalue weighted by atomic mass is 16.6. The van der Waals surface area contributed by atoms with Crippen molar-refractivity contribution in [2.24, 2.45) is 0 Å². The second-order valence-corrected chi connectivity index (χ2v) is 6.93. The van der Waals surface area contributed by atoms with Gasteiger partial charge in [-0.05, 0) is 24.7 Å². The van der Waals surface area contributed by atoms with Crippen LogP contribution in [-0.2, 0) is 30.4 Å². The van der Waals surface area contributed by atoms with Gasteiger partial charge in [-0.2, -0.15) is 0 Å². The molecular weight excluding hydrogens is 372 g/mol. The van der Waals surface area contributed by atoms with Gasteiger partial charge in [-0.25, -0.2) is 9.59 Å². The fourth-order valence-corrected chi connectivity index (χ4v) is 3.47. The van der Waals surface area contributed by atoms with Crippen molar-refractivity contribution < 1.29 is 23.8 Å². The van der Waals surface area contributed by atoms with E-state index in [4.69, 9.17) is 14.2 Å². The average Bonchev–Trinajstić information content (AvgIpc) is 3.03. The number of hydrogen-bond acceptors (Lipinski definition) is 7. The largest absolute Gasteiger partial charge is 0.472 e. The number of benzene rings is 1. The maximum absolute atomic E-state index is 13.0. The number of esters is 2.